The number of aromatic nitrogens is 2. The minimum atomic E-state index is -0.944. The fraction of sp³-hybridized carbons (Fsp3) is 0.304. The zero-order valence-electron chi connectivity index (χ0n) is 16.9. The minimum absolute atomic E-state index is 0.171. The van der Waals surface area contributed by atoms with Crippen LogP contribution in [0.3, 0.4) is 0 Å². The zero-order chi connectivity index (χ0) is 21.0. The lowest BCUT2D eigenvalue weighted by Crippen LogP contribution is -2.09. The molecule has 0 aliphatic heterocycles. The predicted molar refractivity (Wildman–Crippen MR) is 110 cm³/mol. The second-order valence-corrected chi connectivity index (χ2v) is 7.15. The molecule has 0 amide bonds. The van der Waals surface area contributed by atoms with Crippen molar-refractivity contribution in [2.75, 3.05) is 0 Å². The topological polar surface area (TPSA) is 64.4 Å². The summed E-state index contributed by atoms with van der Waals surface area (Å²) in [6, 6.07) is 10.7. The van der Waals surface area contributed by atoms with Crippen LogP contribution in [0.25, 0.3) is 5.69 Å². The van der Waals surface area contributed by atoms with Gasteiger partial charge in [0.1, 0.15) is 18.5 Å². The molecule has 0 aliphatic rings. The summed E-state index contributed by atoms with van der Waals surface area (Å²) in [4.78, 5) is 11.1. The molecule has 152 valence electrons. The molecule has 0 radical (unpaired) electrons. The molecule has 5 nitrogen and oxygen atoms in total. The lowest BCUT2D eigenvalue weighted by atomic mass is 10.0. The van der Waals surface area contributed by atoms with Gasteiger partial charge in [0.2, 0.25) is 0 Å². The van der Waals surface area contributed by atoms with Gasteiger partial charge in [-0.15, -0.1) is 0 Å². The van der Waals surface area contributed by atoms with Crippen LogP contribution in [0.2, 0.25) is 0 Å². The number of carboxylic acid groups (broad SMARTS) is 1. The number of aryl methyl sites for hydroxylation is 2. The molecule has 0 bridgehead atoms. The van der Waals surface area contributed by atoms with Gasteiger partial charge in [-0.1, -0.05) is 25.5 Å². The summed E-state index contributed by atoms with van der Waals surface area (Å²) >= 11 is 0. The summed E-state index contributed by atoms with van der Waals surface area (Å²) in [5.74, 6) is -0.205. The molecule has 1 N–H and O–H groups in total. The van der Waals surface area contributed by atoms with E-state index in [9.17, 15) is 9.18 Å². The first kappa shape index (κ1) is 20.6. The van der Waals surface area contributed by atoms with Crippen LogP contribution in [-0.2, 0) is 6.67 Å². The van der Waals surface area contributed by atoms with Crippen molar-refractivity contribution in [1.82, 2.24) is 9.78 Å². The van der Waals surface area contributed by atoms with Crippen LogP contribution >= 0.6 is 0 Å². The third kappa shape index (κ3) is 4.65. The second kappa shape index (κ2) is 8.90. The van der Waals surface area contributed by atoms with E-state index in [1.54, 1.807) is 35.1 Å². The van der Waals surface area contributed by atoms with Gasteiger partial charge in [0.15, 0.2) is 0 Å². The van der Waals surface area contributed by atoms with Gasteiger partial charge in [-0.25, -0.2) is 13.9 Å². The van der Waals surface area contributed by atoms with Gasteiger partial charge in [0.05, 0.1) is 17.4 Å². The van der Waals surface area contributed by atoms with E-state index in [2.05, 4.69) is 12.0 Å². The minimum Gasteiger partial charge on any atom is -0.486 e. The summed E-state index contributed by atoms with van der Waals surface area (Å²) in [7, 11) is 0. The summed E-state index contributed by atoms with van der Waals surface area (Å²) in [5.41, 5.74) is 4.60. The van der Waals surface area contributed by atoms with E-state index in [0.29, 0.717) is 5.56 Å². The van der Waals surface area contributed by atoms with E-state index in [1.165, 1.54) is 6.20 Å². The third-order valence-electron chi connectivity index (χ3n) is 4.84. The van der Waals surface area contributed by atoms with E-state index in [1.807, 2.05) is 26.0 Å². The van der Waals surface area contributed by atoms with Gasteiger partial charge in [0.25, 0.3) is 0 Å². The monoisotopic (exact) mass is 396 g/mol. The lowest BCUT2D eigenvalue weighted by Gasteiger charge is -2.21. The number of benzene rings is 2. The largest absolute Gasteiger partial charge is 0.486 e. The van der Waals surface area contributed by atoms with Gasteiger partial charge in [-0.2, -0.15) is 5.10 Å². The van der Waals surface area contributed by atoms with Crippen molar-refractivity contribution < 1.29 is 19.0 Å². The Balaban J connectivity index is 1.87. The molecule has 3 rings (SSSR count). The van der Waals surface area contributed by atoms with Gasteiger partial charge in [0, 0.05) is 11.8 Å². The Morgan fingerprint density at radius 2 is 1.86 bits per heavy atom. The molecule has 1 atom stereocenters. The SMILES string of the molecule is CCC[C@H](Oc1cc(C)c(-n2cc(CF)cn2)c(C)c1)c1ccc(C(=O)O)cc1. The van der Waals surface area contributed by atoms with Crippen molar-refractivity contribution in [3.8, 4) is 11.4 Å². The molecule has 0 unspecified atom stereocenters. The quantitative estimate of drug-likeness (QED) is 0.540. The first-order valence-electron chi connectivity index (χ1n) is 9.64. The standard InChI is InChI=1S/C23H25FN2O3/c1-4-5-21(18-6-8-19(9-7-18)23(27)28)29-20-10-15(2)22(16(3)11-20)26-14-17(12-24)13-25-26/h6-11,13-14,21H,4-5,12H2,1-3H3,(H,27,28)/t21-/m0/s1. The molecule has 0 fully saturated rings. The molecule has 0 saturated heterocycles. The molecular formula is C23H25FN2O3. The zero-order valence-corrected chi connectivity index (χ0v) is 16.9. The van der Waals surface area contributed by atoms with Crippen molar-refractivity contribution in [2.24, 2.45) is 0 Å². The molecule has 1 aromatic heterocycles. The number of ether oxygens (including phenoxy) is 1. The fourth-order valence-electron chi connectivity index (χ4n) is 3.46. The Morgan fingerprint density at radius 1 is 1.21 bits per heavy atom. The maximum absolute atomic E-state index is 12.9. The van der Waals surface area contributed by atoms with Gasteiger partial charge >= 0.3 is 5.97 Å². The Hall–Kier alpha value is -3.15. The van der Waals surface area contributed by atoms with Gasteiger partial charge in [-0.3, -0.25) is 0 Å². The summed E-state index contributed by atoms with van der Waals surface area (Å²) in [6.45, 7) is 5.49. The molecule has 0 aliphatic carbocycles. The van der Waals surface area contributed by atoms with Crippen molar-refractivity contribution >= 4 is 5.97 Å². The molecular weight excluding hydrogens is 371 g/mol. The second-order valence-electron chi connectivity index (χ2n) is 7.15. The number of rotatable bonds is 8. The number of carboxylic acids is 1. The average molecular weight is 396 g/mol. The van der Waals surface area contributed by atoms with Crippen LogP contribution in [0, 0.1) is 13.8 Å². The van der Waals surface area contributed by atoms with E-state index >= 15 is 0 Å². The van der Waals surface area contributed by atoms with Crippen LogP contribution in [0.4, 0.5) is 4.39 Å². The Kier molecular flexibility index (Phi) is 6.32. The number of aromatic carboxylic acids is 1. The fourth-order valence-corrected chi connectivity index (χ4v) is 3.46. The summed E-state index contributed by atoms with van der Waals surface area (Å²) < 4.78 is 20.8. The van der Waals surface area contributed by atoms with Crippen molar-refractivity contribution in [1.29, 1.82) is 0 Å². The molecule has 6 heteroatoms. The average Bonchev–Trinajstić information content (AvgIpc) is 3.16. The number of alkyl halides is 1. The Labute approximate surface area is 169 Å². The molecule has 1 heterocycles. The molecule has 3 aromatic rings. The number of halogens is 1. The van der Waals surface area contributed by atoms with Gasteiger partial charge < -0.3 is 9.84 Å². The third-order valence-corrected chi connectivity index (χ3v) is 4.84. The maximum atomic E-state index is 12.9. The number of hydrogen-bond donors (Lipinski definition) is 1. The van der Waals surface area contributed by atoms with Crippen LogP contribution in [0.1, 0.15) is 58.5 Å². The number of nitrogens with zero attached hydrogens (tertiary/aromatic N) is 2. The normalized spacial score (nSPS) is 12.0. The highest BCUT2D eigenvalue weighted by molar-refractivity contribution is 5.87. The van der Waals surface area contributed by atoms with Crippen LogP contribution < -0.4 is 4.74 Å². The van der Waals surface area contributed by atoms with Crippen LogP contribution in [-0.4, -0.2) is 20.9 Å². The van der Waals surface area contributed by atoms with Crippen LogP contribution in [0.5, 0.6) is 5.75 Å². The van der Waals surface area contributed by atoms with E-state index in [4.69, 9.17) is 9.84 Å². The Bertz CT molecular complexity index is 973. The Morgan fingerprint density at radius 3 is 2.38 bits per heavy atom. The molecule has 0 saturated carbocycles. The van der Waals surface area contributed by atoms with Crippen molar-refractivity contribution in [3.05, 3.63) is 76.6 Å². The van der Waals surface area contributed by atoms with Crippen molar-refractivity contribution in [2.45, 2.75) is 46.4 Å². The first-order chi connectivity index (χ1) is 13.9. The predicted octanol–water partition coefficient (Wildman–Crippen LogP) is 5.58. The van der Waals surface area contributed by atoms with E-state index in [-0.39, 0.29) is 11.7 Å². The van der Waals surface area contributed by atoms with Crippen LogP contribution in [0.15, 0.2) is 48.8 Å². The van der Waals surface area contributed by atoms with Crippen molar-refractivity contribution in [3.63, 3.8) is 0 Å². The smallest absolute Gasteiger partial charge is 0.335 e. The highest BCUT2D eigenvalue weighted by Gasteiger charge is 2.16. The number of carbonyl (C=O) groups is 1. The summed E-state index contributed by atoms with van der Waals surface area (Å²) in [5, 5.41) is 13.3. The molecule has 0 spiro atoms. The van der Waals surface area contributed by atoms with E-state index in [0.717, 1.165) is 41.0 Å². The maximum Gasteiger partial charge on any atom is 0.335 e. The molecule has 29 heavy (non-hydrogen) atoms. The van der Waals surface area contributed by atoms with Gasteiger partial charge in [-0.05, 0) is 61.2 Å². The number of hydrogen-bond acceptors (Lipinski definition) is 3. The highest BCUT2D eigenvalue weighted by atomic mass is 19.1. The highest BCUT2D eigenvalue weighted by Crippen LogP contribution is 2.30. The molecule has 2 aromatic carbocycles. The summed E-state index contributed by atoms with van der Waals surface area (Å²) in [6.07, 6.45) is 4.79. The first-order valence-corrected chi connectivity index (χ1v) is 9.64. The lowest BCUT2D eigenvalue weighted by molar-refractivity contribution is 0.0696. The van der Waals surface area contributed by atoms with E-state index < -0.39 is 12.6 Å².